The summed E-state index contributed by atoms with van der Waals surface area (Å²) in [6.07, 6.45) is 0.327. The molecule has 1 aromatic heterocycles. The third-order valence-electron chi connectivity index (χ3n) is 4.53. The molecule has 1 amide bonds. The SMILES string of the molecule is Cc1ccc(S(=O)(=O)N[C@@H](CC(C)C)C(=O)Nc2nc(-c3ccc(F)cc3)cs2)cc1. The lowest BCUT2D eigenvalue weighted by Gasteiger charge is -2.19. The van der Waals surface area contributed by atoms with Crippen LogP contribution in [0.1, 0.15) is 25.8 Å². The Kier molecular flexibility index (Phi) is 7.19. The predicted molar refractivity (Wildman–Crippen MR) is 121 cm³/mol. The van der Waals surface area contributed by atoms with Crippen molar-refractivity contribution >= 4 is 32.4 Å². The minimum Gasteiger partial charge on any atom is -0.301 e. The quantitative estimate of drug-likeness (QED) is 0.514. The van der Waals surface area contributed by atoms with E-state index in [-0.39, 0.29) is 16.6 Å². The van der Waals surface area contributed by atoms with Gasteiger partial charge in [-0.1, -0.05) is 31.5 Å². The number of hydrogen-bond donors (Lipinski definition) is 2. The minimum atomic E-state index is -3.86. The van der Waals surface area contributed by atoms with Crippen LogP contribution in [0.15, 0.2) is 58.8 Å². The maximum Gasteiger partial charge on any atom is 0.244 e. The number of benzene rings is 2. The highest BCUT2D eigenvalue weighted by atomic mass is 32.2. The van der Waals surface area contributed by atoms with Gasteiger partial charge in [0.2, 0.25) is 15.9 Å². The minimum absolute atomic E-state index is 0.0857. The molecule has 1 atom stereocenters. The van der Waals surface area contributed by atoms with Gasteiger partial charge in [-0.25, -0.2) is 17.8 Å². The van der Waals surface area contributed by atoms with E-state index < -0.39 is 22.0 Å². The van der Waals surface area contributed by atoms with Crippen LogP contribution in [0.3, 0.4) is 0 Å². The number of carbonyl (C=O) groups excluding carboxylic acids is 1. The van der Waals surface area contributed by atoms with E-state index in [1.54, 1.807) is 29.6 Å². The Morgan fingerprint density at radius 1 is 1.10 bits per heavy atom. The van der Waals surface area contributed by atoms with Crippen LogP contribution in [0.5, 0.6) is 0 Å². The number of carbonyl (C=O) groups is 1. The fourth-order valence-corrected chi connectivity index (χ4v) is 4.86. The Morgan fingerprint density at radius 2 is 1.74 bits per heavy atom. The number of aryl methyl sites for hydroxylation is 1. The Morgan fingerprint density at radius 3 is 2.35 bits per heavy atom. The number of nitrogens with zero attached hydrogens (tertiary/aromatic N) is 1. The van der Waals surface area contributed by atoms with Crippen molar-refractivity contribution in [2.45, 2.75) is 38.1 Å². The van der Waals surface area contributed by atoms with Crippen LogP contribution in [-0.4, -0.2) is 25.4 Å². The average molecular weight is 462 g/mol. The molecule has 3 aromatic rings. The van der Waals surface area contributed by atoms with Crippen molar-refractivity contribution < 1.29 is 17.6 Å². The number of amides is 1. The maximum absolute atomic E-state index is 13.1. The molecule has 0 aliphatic rings. The van der Waals surface area contributed by atoms with Gasteiger partial charge in [-0.05, 0) is 55.7 Å². The highest BCUT2D eigenvalue weighted by molar-refractivity contribution is 7.89. The predicted octanol–water partition coefficient (Wildman–Crippen LogP) is 4.59. The first-order valence-electron chi connectivity index (χ1n) is 9.75. The summed E-state index contributed by atoms with van der Waals surface area (Å²) in [4.78, 5) is 17.3. The molecule has 0 unspecified atom stereocenters. The van der Waals surface area contributed by atoms with E-state index in [9.17, 15) is 17.6 Å². The van der Waals surface area contributed by atoms with Crippen LogP contribution in [0.2, 0.25) is 0 Å². The van der Waals surface area contributed by atoms with E-state index in [2.05, 4.69) is 15.0 Å². The number of aromatic nitrogens is 1. The van der Waals surface area contributed by atoms with Gasteiger partial charge in [-0.15, -0.1) is 11.3 Å². The van der Waals surface area contributed by atoms with E-state index in [1.807, 2.05) is 20.8 Å². The largest absolute Gasteiger partial charge is 0.301 e. The fraction of sp³-hybridized carbons (Fsp3) is 0.273. The summed E-state index contributed by atoms with van der Waals surface area (Å²) in [5.41, 5.74) is 2.26. The van der Waals surface area contributed by atoms with Gasteiger partial charge in [0.05, 0.1) is 10.6 Å². The van der Waals surface area contributed by atoms with Crippen molar-refractivity contribution in [1.82, 2.24) is 9.71 Å². The molecule has 31 heavy (non-hydrogen) atoms. The van der Waals surface area contributed by atoms with E-state index in [0.29, 0.717) is 17.2 Å². The summed E-state index contributed by atoms with van der Waals surface area (Å²) in [7, 11) is -3.86. The standard InChI is InChI=1S/C22H24FN3O3S2/c1-14(2)12-19(26-31(28,29)18-10-4-15(3)5-11-18)21(27)25-22-24-20(13-30-22)16-6-8-17(23)9-7-16/h4-11,13-14,19,26H,12H2,1-3H3,(H,24,25,27)/t19-/m0/s1. The third-order valence-corrected chi connectivity index (χ3v) is 6.77. The second-order valence-corrected chi connectivity index (χ2v) is 10.2. The second kappa shape index (κ2) is 9.67. The number of nitrogens with one attached hydrogen (secondary N) is 2. The first-order chi connectivity index (χ1) is 14.6. The van der Waals surface area contributed by atoms with Crippen LogP contribution in [-0.2, 0) is 14.8 Å². The van der Waals surface area contributed by atoms with Gasteiger partial charge in [0, 0.05) is 10.9 Å². The second-order valence-electron chi connectivity index (χ2n) is 7.65. The molecule has 0 saturated heterocycles. The maximum atomic E-state index is 13.1. The smallest absolute Gasteiger partial charge is 0.244 e. The molecule has 0 fully saturated rings. The highest BCUT2D eigenvalue weighted by Gasteiger charge is 2.27. The zero-order valence-corrected chi connectivity index (χ0v) is 19.1. The van der Waals surface area contributed by atoms with Gasteiger partial charge >= 0.3 is 0 Å². The van der Waals surface area contributed by atoms with Gasteiger partial charge in [-0.3, -0.25) is 4.79 Å². The lowest BCUT2D eigenvalue weighted by molar-refractivity contribution is -0.118. The Hall–Kier alpha value is -2.62. The average Bonchev–Trinajstić information content (AvgIpc) is 3.16. The first-order valence-corrected chi connectivity index (χ1v) is 12.1. The molecule has 0 aliphatic heterocycles. The molecule has 0 spiro atoms. The topological polar surface area (TPSA) is 88.2 Å². The molecule has 0 radical (unpaired) electrons. The van der Waals surface area contributed by atoms with Gasteiger partial charge in [0.1, 0.15) is 11.9 Å². The molecule has 3 rings (SSSR count). The molecule has 0 aliphatic carbocycles. The van der Waals surface area contributed by atoms with Crippen molar-refractivity contribution in [3.8, 4) is 11.3 Å². The number of anilines is 1. The molecule has 0 saturated carbocycles. The lowest BCUT2D eigenvalue weighted by Crippen LogP contribution is -2.44. The van der Waals surface area contributed by atoms with Gasteiger partial charge < -0.3 is 5.32 Å². The van der Waals surface area contributed by atoms with Crippen molar-refractivity contribution in [3.05, 3.63) is 65.3 Å². The summed E-state index contributed by atoms with van der Waals surface area (Å²) in [6, 6.07) is 11.4. The van der Waals surface area contributed by atoms with Crippen LogP contribution < -0.4 is 10.0 Å². The number of hydrogen-bond acceptors (Lipinski definition) is 5. The molecule has 9 heteroatoms. The first kappa shape index (κ1) is 23.1. The summed E-state index contributed by atoms with van der Waals surface area (Å²) in [5, 5.41) is 4.79. The normalized spacial score (nSPS) is 12.7. The van der Waals surface area contributed by atoms with E-state index in [4.69, 9.17) is 0 Å². The fourth-order valence-electron chi connectivity index (χ4n) is 2.93. The van der Waals surface area contributed by atoms with Gasteiger partial charge in [-0.2, -0.15) is 4.72 Å². The summed E-state index contributed by atoms with van der Waals surface area (Å²) in [6.45, 7) is 5.69. The van der Waals surface area contributed by atoms with Crippen molar-refractivity contribution in [2.75, 3.05) is 5.32 Å². The van der Waals surface area contributed by atoms with Gasteiger partial charge in [0.15, 0.2) is 5.13 Å². The van der Waals surface area contributed by atoms with Crippen LogP contribution in [0.4, 0.5) is 9.52 Å². The van der Waals surface area contributed by atoms with E-state index >= 15 is 0 Å². The van der Waals surface area contributed by atoms with E-state index in [1.165, 1.54) is 35.6 Å². The number of halogens is 1. The zero-order valence-electron chi connectivity index (χ0n) is 17.4. The summed E-state index contributed by atoms with van der Waals surface area (Å²) >= 11 is 1.22. The van der Waals surface area contributed by atoms with E-state index in [0.717, 1.165) is 11.1 Å². The van der Waals surface area contributed by atoms with Crippen molar-refractivity contribution in [2.24, 2.45) is 5.92 Å². The Balaban J connectivity index is 1.76. The lowest BCUT2D eigenvalue weighted by atomic mass is 10.0. The number of rotatable bonds is 8. The monoisotopic (exact) mass is 461 g/mol. The third kappa shape index (κ3) is 6.19. The summed E-state index contributed by atoms with van der Waals surface area (Å²) in [5.74, 6) is -0.739. The number of thiazole rings is 1. The Bertz CT molecular complexity index is 1140. The molecular weight excluding hydrogens is 437 g/mol. The van der Waals surface area contributed by atoms with Crippen molar-refractivity contribution in [3.63, 3.8) is 0 Å². The van der Waals surface area contributed by atoms with Crippen LogP contribution in [0.25, 0.3) is 11.3 Å². The Labute approximate surface area is 185 Å². The molecule has 6 nitrogen and oxygen atoms in total. The molecule has 0 bridgehead atoms. The molecule has 2 N–H and O–H groups in total. The van der Waals surface area contributed by atoms with Crippen molar-refractivity contribution in [1.29, 1.82) is 0 Å². The molecule has 1 heterocycles. The molecular formula is C22H24FN3O3S2. The highest BCUT2D eigenvalue weighted by Crippen LogP contribution is 2.25. The van der Waals surface area contributed by atoms with Gasteiger partial charge in [0.25, 0.3) is 0 Å². The zero-order chi connectivity index (χ0) is 22.6. The summed E-state index contributed by atoms with van der Waals surface area (Å²) < 4.78 is 41.2. The van der Waals surface area contributed by atoms with Crippen LogP contribution in [0, 0.1) is 18.7 Å². The van der Waals surface area contributed by atoms with Crippen LogP contribution >= 0.6 is 11.3 Å². The molecule has 164 valence electrons. The number of sulfonamides is 1. The molecule has 2 aromatic carbocycles.